The minimum absolute atomic E-state index is 0.372. The molecule has 0 aliphatic heterocycles. The molecule has 0 amide bonds. The average Bonchev–Trinajstić information content (AvgIpc) is 2.83. The third kappa shape index (κ3) is 3.93. The summed E-state index contributed by atoms with van der Waals surface area (Å²) in [5.74, 6) is 0. The van der Waals surface area contributed by atoms with Crippen LogP contribution in [0.3, 0.4) is 0 Å². The third-order valence-corrected chi connectivity index (χ3v) is 3.93. The Labute approximate surface area is 128 Å². The molecule has 1 aromatic heterocycles. The van der Waals surface area contributed by atoms with Gasteiger partial charge in [0, 0.05) is 23.1 Å². The van der Waals surface area contributed by atoms with Crippen molar-refractivity contribution in [3.8, 4) is 0 Å². The number of halogens is 1. The van der Waals surface area contributed by atoms with E-state index < -0.39 is 0 Å². The predicted molar refractivity (Wildman–Crippen MR) is 84.8 cm³/mol. The maximum Gasteiger partial charge on any atom is 0.0635 e. The zero-order chi connectivity index (χ0) is 14.5. The summed E-state index contributed by atoms with van der Waals surface area (Å²) in [6.07, 6.45) is 1.88. The highest BCUT2D eigenvalue weighted by molar-refractivity contribution is 9.10. The molecule has 0 fully saturated rings. The highest BCUT2D eigenvalue weighted by atomic mass is 79.9. The van der Waals surface area contributed by atoms with E-state index in [2.05, 4.69) is 40.9 Å². The van der Waals surface area contributed by atoms with E-state index in [4.69, 9.17) is 0 Å². The topological polar surface area (TPSA) is 38.0 Å². The largest absolute Gasteiger partial charge is 0.392 e. The highest BCUT2D eigenvalue weighted by Crippen LogP contribution is 2.14. The summed E-state index contributed by atoms with van der Waals surface area (Å²) in [5.41, 5.74) is 3.37. The molecule has 4 heteroatoms. The lowest BCUT2D eigenvalue weighted by atomic mass is 10.0. The van der Waals surface area contributed by atoms with E-state index in [1.54, 1.807) is 0 Å². The number of aryl methyl sites for hydroxylation is 2. The molecule has 1 aromatic carbocycles. The number of benzene rings is 1. The van der Waals surface area contributed by atoms with E-state index in [1.807, 2.05) is 28.9 Å². The minimum Gasteiger partial charge on any atom is -0.392 e. The summed E-state index contributed by atoms with van der Waals surface area (Å²) in [4.78, 5) is 0. The molecule has 3 nitrogen and oxygen atoms in total. The first-order chi connectivity index (χ1) is 9.62. The number of hydrogen-bond acceptors (Lipinski definition) is 2. The summed E-state index contributed by atoms with van der Waals surface area (Å²) in [6.45, 7) is 5.03. The molecule has 108 valence electrons. The van der Waals surface area contributed by atoms with Crippen LogP contribution in [-0.4, -0.2) is 21.0 Å². The number of aliphatic hydroxyl groups excluding tert-OH is 1. The molecule has 0 saturated heterocycles. The van der Waals surface area contributed by atoms with Crippen LogP contribution < -0.4 is 0 Å². The van der Waals surface area contributed by atoms with E-state index in [9.17, 15) is 5.11 Å². The Hall–Kier alpha value is -1.13. The number of hydrogen-bond donors (Lipinski definition) is 1. The Morgan fingerprint density at radius 1 is 1.20 bits per heavy atom. The molecule has 2 aromatic rings. The predicted octanol–water partition coefficient (Wildman–Crippen LogP) is 3.37. The molecule has 1 atom stereocenters. The molecule has 20 heavy (non-hydrogen) atoms. The van der Waals surface area contributed by atoms with Crippen molar-refractivity contribution in [3.05, 3.63) is 51.8 Å². The van der Waals surface area contributed by atoms with E-state index in [0.717, 1.165) is 34.4 Å². The second-order valence-electron chi connectivity index (χ2n) is 4.98. The summed E-state index contributed by atoms with van der Waals surface area (Å²) < 4.78 is 3.05. The summed E-state index contributed by atoms with van der Waals surface area (Å²) >= 11 is 3.42. The van der Waals surface area contributed by atoms with E-state index in [-0.39, 0.29) is 6.10 Å². The van der Waals surface area contributed by atoms with Crippen LogP contribution in [0.25, 0.3) is 0 Å². The van der Waals surface area contributed by atoms with Gasteiger partial charge in [-0.1, -0.05) is 35.0 Å². The number of aromatic nitrogens is 2. The van der Waals surface area contributed by atoms with Crippen molar-refractivity contribution in [2.75, 3.05) is 0 Å². The van der Waals surface area contributed by atoms with Crippen LogP contribution in [0.15, 0.2) is 34.8 Å². The molecule has 0 saturated carbocycles. The van der Waals surface area contributed by atoms with Crippen LogP contribution in [0.5, 0.6) is 0 Å². The molecule has 0 spiro atoms. The molecular formula is C16H21BrN2O. The normalized spacial score (nSPS) is 12.6. The van der Waals surface area contributed by atoms with Crippen LogP contribution in [-0.2, 0) is 25.8 Å². The zero-order valence-corrected chi connectivity index (χ0v) is 13.6. The first-order valence-corrected chi connectivity index (χ1v) is 7.89. The fourth-order valence-corrected chi connectivity index (χ4v) is 2.60. The van der Waals surface area contributed by atoms with Gasteiger partial charge in [-0.25, -0.2) is 0 Å². The van der Waals surface area contributed by atoms with Gasteiger partial charge in [0.2, 0.25) is 0 Å². The van der Waals surface area contributed by atoms with Gasteiger partial charge in [0.1, 0.15) is 0 Å². The van der Waals surface area contributed by atoms with Gasteiger partial charge >= 0.3 is 0 Å². The van der Waals surface area contributed by atoms with Crippen molar-refractivity contribution in [3.63, 3.8) is 0 Å². The Kier molecular flexibility index (Phi) is 5.38. The monoisotopic (exact) mass is 336 g/mol. The van der Waals surface area contributed by atoms with Crippen molar-refractivity contribution in [2.45, 2.75) is 45.8 Å². The average molecular weight is 337 g/mol. The molecule has 0 radical (unpaired) electrons. The molecule has 0 aliphatic carbocycles. The maximum atomic E-state index is 10.3. The van der Waals surface area contributed by atoms with Gasteiger partial charge in [-0.2, -0.15) is 5.10 Å². The summed E-state index contributed by atoms with van der Waals surface area (Å²) in [7, 11) is 0. The Morgan fingerprint density at radius 2 is 1.90 bits per heavy atom. The fraction of sp³-hybridized carbons (Fsp3) is 0.438. The van der Waals surface area contributed by atoms with Crippen molar-refractivity contribution < 1.29 is 5.11 Å². The van der Waals surface area contributed by atoms with Gasteiger partial charge in [0.05, 0.1) is 11.8 Å². The quantitative estimate of drug-likeness (QED) is 0.878. The van der Waals surface area contributed by atoms with E-state index in [0.29, 0.717) is 12.8 Å². The second kappa shape index (κ2) is 7.04. The lowest BCUT2D eigenvalue weighted by Gasteiger charge is -2.11. The van der Waals surface area contributed by atoms with E-state index in [1.165, 1.54) is 0 Å². The molecule has 1 heterocycles. The Bertz CT molecular complexity index is 548. The standard InChI is InChI=1S/C16H21BrN2O/c1-3-14-10-15(19(4-2)18-14)11-16(20)9-12-5-7-13(17)8-6-12/h5-8,10,16,20H,3-4,9,11H2,1-2H3. The van der Waals surface area contributed by atoms with Crippen LogP contribution in [0.2, 0.25) is 0 Å². The van der Waals surface area contributed by atoms with Gasteiger partial charge in [0.15, 0.2) is 0 Å². The van der Waals surface area contributed by atoms with Gasteiger partial charge in [0.25, 0.3) is 0 Å². The number of aliphatic hydroxyl groups is 1. The zero-order valence-electron chi connectivity index (χ0n) is 12.0. The molecule has 1 N–H and O–H groups in total. The number of rotatable bonds is 6. The first-order valence-electron chi connectivity index (χ1n) is 7.10. The van der Waals surface area contributed by atoms with Crippen LogP contribution in [0, 0.1) is 0 Å². The van der Waals surface area contributed by atoms with Gasteiger partial charge in [-0.15, -0.1) is 0 Å². The second-order valence-corrected chi connectivity index (χ2v) is 5.90. The lowest BCUT2D eigenvalue weighted by Crippen LogP contribution is -2.16. The molecule has 1 unspecified atom stereocenters. The lowest BCUT2D eigenvalue weighted by molar-refractivity contribution is 0.172. The maximum absolute atomic E-state index is 10.3. The van der Waals surface area contributed by atoms with Crippen LogP contribution >= 0.6 is 15.9 Å². The number of nitrogens with zero attached hydrogens (tertiary/aromatic N) is 2. The van der Waals surface area contributed by atoms with Crippen molar-refractivity contribution >= 4 is 15.9 Å². The molecule has 0 bridgehead atoms. The van der Waals surface area contributed by atoms with Gasteiger partial charge in [-0.3, -0.25) is 4.68 Å². The molecule has 2 rings (SSSR count). The minimum atomic E-state index is -0.372. The Balaban J connectivity index is 2.02. The van der Waals surface area contributed by atoms with Gasteiger partial charge in [-0.05, 0) is 43.5 Å². The SMILES string of the molecule is CCc1cc(CC(O)Cc2ccc(Br)cc2)n(CC)n1. The molecular weight excluding hydrogens is 316 g/mol. The van der Waals surface area contributed by atoms with Crippen LogP contribution in [0.4, 0.5) is 0 Å². The summed E-state index contributed by atoms with van der Waals surface area (Å²) in [6, 6.07) is 10.2. The van der Waals surface area contributed by atoms with Crippen molar-refractivity contribution in [2.24, 2.45) is 0 Å². The van der Waals surface area contributed by atoms with Crippen LogP contribution in [0.1, 0.15) is 30.8 Å². The van der Waals surface area contributed by atoms with Crippen molar-refractivity contribution in [1.82, 2.24) is 9.78 Å². The third-order valence-electron chi connectivity index (χ3n) is 3.41. The molecule has 0 aliphatic rings. The summed E-state index contributed by atoms with van der Waals surface area (Å²) in [5, 5.41) is 14.8. The highest BCUT2D eigenvalue weighted by Gasteiger charge is 2.12. The first kappa shape index (κ1) is 15.3. The Morgan fingerprint density at radius 3 is 2.50 bits per heavy atom. The fourth-order valence-electron chi connectivity index (χ4n) is 2.33. The van der Waals surface area contributed by atoms with Gasteiger partial charge < -0.3 is 5.11 Å². The van der Waals surface area contributed by atoms with Crippen molar-refractivity contribution in [1.29, 1.82) is 0 Å². The van der Waals surface area contributed by atoms with E-state index >= 15 is 0 Å². The smallest absolute Gasteiger partial charge is 0.0635 e.